The van der Waals surface area contributed by atoms with E-state index in [2.05, 4.69) is 4.57 Å². The van der Waals surface area contributed by atoms with Gasteiger partial charge in [0.15, 0.2) is 9.84 Å². The molecule has 210 valence electrons. The zero-order chi connectivity index (χ0) is 29.2. The normalized spacial score (nSPS) is 13.5. The third kappa shape index (κ3) is 6.53. The van der Waals surface area contributed by atoms with Crippen LogP contribution >= 0.6 is 0 Å². The lowest BCUT2D eigenvalue weighted by Gasteiger charge is -2.11. The molecule has 11 heteroatoms. The van der Waals surface area contributed by atoms with Crippen LogP contribution < -0.4 is 5.73 Å². The van der Waals surface area contributed by atoms with Gasteiger partial charge in [0.25, 0.3) is 0 Å². The second-order valence-electron chi connectivity index (χ2n) is 9.48. The van der Waals surface area contributed by atoms with Gasteiger partial charge in [0.1, 0.15) is 0 Å². The second kappa shape index (κ2) is 11.2. The number of aromatic carboxylic acids is 1. The van der Waals surface area contributed by atoms with Crippen LogP contribution in [0.1, 0.15) is 63.3 Å². The topological polar surface area (TPSA) is 119 Å². The minimum atomic E-state index is -4.34. The van der Waals surface area contributed by atoms with E-state index in [-0.39, 0.29) is 16.2 Å². The van der Waals surface area contributed by atoms with Crippen molar-refractivity contribution in [3.63, 3.8) is 0 Å². The van der Waals surface area contributed by atoms with Crippen LogP contribution in [0.4, 0.5) is 13.2 Å². The van der Waals surface area contributed by atoms with E-state index < -0.39 is 33.5 Å². The Kier molecular flexibility index (Phi) is 8.06. The molecular weight excluding hydrogens is 545 g/mol. The Morgan fingerprint density at radius 1 is 0.950 bits per heavy atom. The van der Waals surface area contributed by atoms with Crippen molar-refractivity contribution in [3.05, 3.63) is 101 Å². The number of carbonyl (C=O) groups excluding carboxylic acids is 1. The van der Waals surface area contributed by atoms with Crippen LogP contribution in [0.3, 0.4) is 0 Å². The van der Waals surface area contributed by atoms with Crippen molar-refractivity contribution in [1.29, 1.82) is 0 Å². The van der Waals surface area contributed by atoms with E-state index in [1.54, 1.807) is 19.1 Å². The summed E-state index contributed by atoms with van der Waals surface area (Å²) in [5, 5.41) is 10.0. The Morgan fingerprint density at radius 3 is 2.05 bits per heavy atom. The summed E-state index contributed by atoms with van der Waals surface area (Å²) in [6.45, 7) is 1.57. The summed E-state index contributed by atoms with van der Waals surface area (Å²) < 4.78 is 63.1. The Balaban J connectivity index is 0.000000224. The lowest BCUT2D eigenvalue weighted by Crippen LogP contribution is -2.11. The summed E-state index contributed by atoms with van der Waals surface area (Å²) in [4.78, 5) is 22.1. The number of hydrogen-bond acceptors (Lipinski definition) is 4. The zero-order valence-corrected chi connectivity index (χ0v) is 22.3. The number of fused-ring (bicyclic) bond motifs is 1. The van der Waals surface area contributed by atoms with Gasteiger partial charge in [-0.15, -0.1) is 0 Å². The van der Waals surface area contributed by atoms with Gasteiger partial charge in [-0.1, -0.05) is 19.1 Å². The molecule has 0 unspecified atom stereocenters. The number of rotatable bonds is 7. The Hall–Kier alpha value is -4.12. The van der Waals surface area contributed by atoms with Crippen LogP contribution in [0.5, 0.6) is 0 Å². The Morgan fingerprint density at radius 2 is 1.55 bits per heavy atom. The molecule has 0 aliphatic heterocycles. The van der Waals surface area contributed by atoms with Gasteiger partial charge in [0.2, 0.25) is 5.91 Å². The first-order valence-corrected chi connectivity index (χ1v) is 14.1. The Bertz CT molecular complexity index is 1660. The average Bonchev–Trinajstić information content (AvgIpc) is 3.69. The number of sulfone groups is 1. The maximum absolute atomic E-state index is 12.7. The molecule has 0 saturated heterocycles. The third-order valence-electron chi connectivity index (χ3n) is 6.62. The van der Waals surface area contributed by atoms with Crippen LogP contribution in [-0.2, 0) is 22.4 Å². The molecular formula is C29H27F3N2O5S. The molecule has 1 heterocycles. The number of alkyl halides is 3. The highest BCUT2D eigenvalue weighted by atomic mass is 32.2. The lowest BCUT2D eigenvalue weighted by molar-refractivity contribution is -0.137. The summed E-state index contributed by atoms with van der Waals surface area (Å²) in [5.41, 5.74) is 7.65. The molecule has 0 bridgehead atoms. The first-order valence-electron chi connectivity index (χ1n) is 12.5. The summed E-state index contributed by atoms with van der Waals surface area (Å²) in [5.74, 6) is -1.50. The average molecular weight is 573 g/mol. The number of aromatic nitrogens is 1. The molecule has 0 spiro atoms. The van der Waals surface area contributed by atoms with Crippen LogP contribution in [0.15, 0.2) is 77.7 Å². The zero-order valence-electron chi connectivity index (χ0n) is 21.5. The lowest BCUT2D eigenvalue weighted by atomic mass is 10.1. The van der Waals surface area contributed by atoms with E-state index in [1.807, 2.05) is 12.1 Å². The van der Waals surface area contributed by atoms with Gasteiger partial charge in [-0.25, -0.2) is 13.2 Å². The van der Waals surface area contributed by atoms with Gasteiger partial charge in [-0.05, 0) is 79.1 Å². The molecule has 0 atom stereocenters. The smallest absolute Gasteiger partial charge is 0.416 e. The molecule has 0 radical (unpaired) electrons. The van der Waals surface area contributed by atoms with Crippen LogP contribution in [0, 0.1) is 0 Å². The van der Waals surface area contributed by atoms with Crippen LogP contribution in [0.25, 0.3) is 10.9 Å². The third-order valence-corrected chi connectivity index (χ3v) is 8.37. The van der Waals surface area contributed by atoms with Gasteiger partial charge >= 0.3 is 12.1 Å². The fraction of sp³-hybridized carbons (Fsp3) is 0.241. The predicted molar refractivity (Wildman–Crippen MR) is 144 cm³/mol. The number of amides is 1. The highest BCUT2D eigenvalue weighted by molar-refractivity contribution is 7.91. The fourth-order valence-corrected chi connectivity index (χ4v) is 5.22. The SMILES string of the molecule is CCS(=O)(=O)c1ccc(C(N)=O)cc1.O=C(O)c1ccc2c(c1)cc(Cc1ccc(C(F)(F)F)cc1)n2C1CC1. The van der Waals surface area contributed by atoms with Crippen molar-refractivity contribution in [2.24, 2.45) is 5.73 Å². The van der Waals surface area contributed by atoms with Crippen molar-refractivity contribution >= 4 is 32.6 Å². The van der Waals surface area contributed by atoms with Crippen molar-refractivity contribution in [2.75, 3.05) is 5.75 Å². The number of carboxylic acid groups (broad SMARTS) is 1. The van der Waals surface area contributed by atoms with Crippen LogP contribution in [-0.4, -0.2) is 35.7 Å². The molecule has 40 heavy (non-hydrogen) atoms. The van der Waals surface area contributed by atoms with Crippen molar-refractivity contribution < 1.29 is 36.3 Å². The van der Waals surface area contributed by atoms with E-state index in [4.69, 9.17) is 5.73 Å². The van der Waals surface area contributed by atoms with Gasteiger partial charge in [-0.3, -0.25) is 4.79 Å². The Labute approximate surface area is 229 Å². The quantitative estimate of drug-likeness (QED) is 0.287. The molecule has 1 amide bonds. The molecule has 1 aliphatic rings. The fourth-order valence-electron chi connectivity index (χ4n) is 4.34. The standard InChI is InChI=1S/C20H16F3NO2.C9H11NO3S/c21-20(22,23)15-4-1-12(2-5-15)9-17-11-14-10-13(19(25)26)3-8-18(14)24(17)16-6-7-16;1-2-14(12,13)8-5-3-7(4-6-8)9(10)11/h1-5,8,10-11,16H,6-7,9H2,(H,25,26);3-6H,2H2,1H3,(H2,10,11). The molecule has 1 fully saturated rings. The summed E-state index contributed by atoms with van der Waals surface area (Å²) >= 11 is 0. The van der Waals surface area contributed by atoms with E-state index in [1.165, 1.54) is 36.4 Å². The number of primary amides is 1. The van der Waals surface area contributed by atoms with E-state index in [9.17, 15) is 36.3 Å². The maximum Gasteiger partial charge on any atom is 0.416 e. The van der Waals surface area contributed by atoms with Crippen molar-refractivity contribution in [3.8, 4) is 0 Å². The monoisotopic (exact) mass is 572 g/mol. The van der Waals surface area contributed by atoms with Gasteiger partial charge < -0.3 is 15.4 Å². The summed E-state index contributed by atoms with van der Waals surface area (Å²) in [6, 6.07) is 18.2. The molecule has 7 nitrogen and oxygen atoms in total. The summed E-state index contributed by atoms with van der Waals surface area (Å²) in [7, 11) is -3.19. The molecule has 3 N–H and O–H groups in total. The predicted octanol–water partition coefficient (Wildman–Crippen LogP) is 5.86. The van der Waals surface area contributed by atoms with E-state index >= 15 is 0 Å². The highest BCUT2D eigenvalue weighted by Crippen LogP contribution is 2.40. The number of hydrogen-bond donors (Lipinski definition) is 2. The molecule has 1 saturated carbocycles. The number of nitrogens with two attached hydrogens (primary N) is 1. The molecule has 1 aromatic heterocycles. The van der Waals surface area contributed by atoms with Gasteiger partial charge in [0.05, 0.1) is 21.8 Å². The number of nitrogens with zero attached hydrogens (tertiary/aromatic N) is 1. The summed E-state index contributed by atoms with van der Waals surface area (Å²) in [6.07, 6.45) is -1.71. The molecule has 3 aromatic carbocycles. The minimum absolute atomic E-state index is 0.0446. The number of benzene rings is 3. The number of halogens is 3. The van der Waals surface area contributed by atoms with Gasteiger partial charge in [0, 0.05) is 34.6 Å². The van der Waals surface area contributed by atoms with E-state index in [0.29, 0.717) is 18.0 Å². The highest BCUT2D eigenvalue weighted by Gasteiger charge is 2.30. The number of carbonyl (C=O) groups is 2. The van der Waals surface area contributed by atoms with Crippen LogP contribution in [0.2, 0.25) is 0 Å². The molecule has 5 rings (SSSR count). The molecule has 4 aromatic rings. The van der Waals surface area contributed by atoms with E-state index in [0.717, 1.165) is 47.1 Å². The first kappa shape index (κ1) is 28.9. The minimum Gasteiger partial charge on any atom is -0.478 e. The van der Waals surface area contributed by atoms with Gasteiger partial charge in [-0.2, -0.15) is 13.2 Å². The molecule has 1 aliphatic carbocycles. The largest absolute Gasteiger partial charge is 0.478 e. The maximum atomic E-state index is 12.7. The number of carboxylic acids is 1. The van der Waals surface area contributed by atoms with Crippen molar-refractivity contribution in [2.45, 2.75) is 43.3 Å². The first-order chi connectivity index (χ1) is 18.8. The second-order valence-corrected chi connectivity index (χ2v) is 11.8. The van der Waals surface area contributed by atoms with Crippen molar-refractivity contribution in [1.82, 2.24) is 4.57 Å².